The number of hydrogen-bond donors (Lipinski definition) is 0. The first kappa shape index (κ1) is 20.8. The monoisotopic (exact) mass is 436 g/mol. The molecule has 1 heterocycles. The summed E-state index contributed by atoms with van der Waals surface area (Å²) < 4.78 is 17.8. The normalized spacial score (nSPS) is 11.1. The largest absolute Gasteiger partial charge is 0.497 e. The fraction of sp³-hybridized carbons (Fsp3) is 0.138. The lowest BCUT2D eigenvalue weighted by Gasteiger charge is -2.14. The first-order chi connectivity index (χ1) is 16.0. The van der Waals surface area contributed by atoms with Crippen LogP contribution in [0.15, 0.2) is 88.1 Å². The highest BCUT2D eigenvalue weighted by Gasteiger charge is 2.20. The molecule has 0 spiro atoms. The summed E-state index contributed by atoms with van der Waals surface area (Å²) in [5, 5.41) is 2.78. The molecule has 0 amide bonds. The van der Waals surface area contributed by atoms with Gasteiger partial charge in [0.25, 0.3) is 0 Å². The molecule has 4 nitrogen and oxygen atoms in total. The van der Waals surface area contributed by atoms with E-state index in [2.05, 4.69) is 18.2 Å². The highest BCUT2D eigenvalue weighted by molar-refractivity contribution is 5.86. The molecule has 0 aliphatic rings. The second kappa shape index (κ2) is 8.47. The number of methoxy groups -OCH3 is 1. The molecule has 0 unspecified atom stereocenters. The third-order valence-corrected chi connectivity index (χ3v) is 5.90. The van der Waals surface area contributed by atoms with Crippen molar-refractivity contribution in [2.45, 2.75) is 20.5 Å². The van der Waals surface area contributed by atoms with Crippen molar-refractivity contribution in [3.63, 3.8) is 0 Å². The maximum atomic E-state index is 13.7. The average Bonchev–Trinajstić information content (AvgIpc) is 2.83. The van der Waals surface area contributed by atoms with Crippen molar-refractivity contribution < 1.29 is 13.9 Å². The van der Waals surface area contributed by atoms with Gasteiger partial charge in [-0.1, -0.05) is 48.5 Å². The van der Waals surface area contributed by atoms with Crippen molar-refractivity contribution in [1.82, 2.24) is 0 Å². The fourth-order valence-electron chi connectivity index (χ4n) is 4.30. The molecule has 0 atom stereocenters. The summed E-state index contributed by atoms with van der Waals surface area (Å²) in [5.74, 6) is 1.36. The summed E-state index contributed by atoms with van der Waals surface area (Å²) in [5.41, 5.74) is 4.06. The molecule has 4 aromatic carbocycles. The van der Waals surface area contributed by atoms with Crippen LogP contribution in [0.1, 0.15) is 16.7 Å². The Bertz CT molecular complexity index is 1520. The van der Waals surface area contributed by atoms with E-state index in [0.717, 1.165) is 38.8 Å². The van der Waals surface area contributed by atoms with Gasteiger partial charge in [-0.25, -0.2) is 0 Å². The number of rotatable bonds is 5. The quantitative estimate of drug-likeness (QED) is 0.303. The maximum Gasteiger partial charge on any atom is 0.235 e. The van der Waals surface area contributed by atoms with Gasteiger partial charge in [0, 0.05) is 5.56 Å². The Hall–Kier alpha value is -4.05. The Kier molecular flexibility index (Phi) is 5.35. The molecule has 0 radical (unpaired) electrons. The maximum absolute atomic E-state index is 13.7. The van der Waals surface area contributed by atoms with Gasteiger partial charge in [0.1, 0.15) is 17.9 Å². The second-order valence-corrected chi connectivity index (χ2v) is 8.20. The summed E-state index contributed by atoms with van der Waals surface area (Å²) in [6, 6.07) is 25.5. The van der Waals surface area contributed by atoms with Gasteiger partial charge in [0.05, 0.1) is 12.5 Å². The molecule has 0 saturated carbocycles. The number of ether oxygens (including phenoxy) is 2. The Morgan fingerprint density at radius 2 is 1.64 bits per heavy atom. The summed E-state index contributed by atoms with van der Waals surface area (Å²) in [4.78, 5) is 13.7. The van der Waals surface area contributed by atoms with E-state index in [1.54, 1.807) is 7.11 Å². The van der Waals surface area contributed by atoms with Crippen molar-refractivity contribution in [2.75, 3.05) is 7.11 Å². The van der Waals surface area contributed by atoms with Crippen LogP contribution in [-0.2, 0) is 6.61 Å². The zero-order valence-corrected chi connectivity index (χ0v) is 18.8. The molecule has 5 rings (SSSR count). The van der Waals surface area contributed by atoms with E-state index in [-0.39, 0.29) is 17.8 Å². The van der Waals surface area contributed by atoms with Gasteiger partial charge < -0.3 is 13.9 Å². The minimum Gasteiger partial charge on any atom is -0.497 e. The van der Waals surface area contributed by atoms with Crippen LogP contribution in [0.3, 0.4) is 0 Å². The van der Waals surface area contributed by atoms with E-state index < -0.39 is 0 Å². The zero-order chi connectivity index (χ0) is 22.9. The standard InChI is InChI=1S/C29H24O4/c1-18-15-19(2)26-25(16-18)33-28(21-11-13-23(31-3)14-12-21)29(27(26)30)32-17-22-9-6-8-20-7-4-5-10-24(20)22/h4-16H,17H2,1-3H3. The molecule has 0 aliphatic carbocycles. The van der Waals surface area contributed by atoms with E-state index in [9.17, 15) is 4.79 Å². The van der Waals surface area contributed by atoms with Gasteiger partial charge >= 0.3 is 0 Å². The number of aryl methyl sites for hydroxylation is 2. The molecule has 5 aromatic rings. The topological polar surface area (TPSA) is 48.7 Å². The van der Waals surface area contributed by atoms with E-state index in [1.165, 1.54) is 0 Å². The zero-order valence-electron chi connectivity index (χ0n) is 18.8. The van der Waals surface area contributed by atoms with Crippen molar-refractivity contribution >= 4 is 21.7 Å². The number of fused-ring (bicyclic) bond motifs is 2. The summed E-state index contributed by atoms with van der Waals surface area (Å²) in [6.07, 6.45) is 0. The van der Waals surface area contributed by atoms with E-state index >= 15 is 0 Å². The van der Waals surface area contributed by atoms with Gasteiger partial charge in [-0.05, 0) is 71.6 Å². The first-order valence-corrected chi connectivity index (χ1v) is 10.9. The lowest BCUT2D eigenvalue weighted by atomic mass is 10.0. The third-order valence-electron chi connectivity index (χ3n) is 5.90. The molecule has 33 heavy (non-hydrogen) atoms. The minimum atomic E-state index is -0.167. The Balaban J connectivity index is 1.66. The Labute approximate surface area is 192 Å². The van der Waals surface area contributed by atoms with Gasteiger partial charge in [0.15, 0.2) is 5.76 Å². The Morgan fingerprint density at radius 3 is 2.42 bits per heavy atom. The third kappa shape index (κ3) is 3.85. The molecule has 0 fully saturated rings. The molecule has 4 heteroatoms. The molecule has 0 bridgehead atoms. The summed E-state index contributed by atoms with van der Waals surface area (Å²) >= 11 is 0. The second-order valence-electron chi connectivity index (χ2n) is 8.20. The predicted octanol–water partition coefficient (Wildman–Crippen LogP) is 6.82. The van der Waals surface area contributed by atoms with Gasteiger partial charge in [-0.15, -0.1) is 0 Å². The Morgan fingerprint density at radius 1 is 0.879 bits per heavy atom. The van der Waals surface area contributed by atoms with Crippen molar-refractivity contribution in [3.8, 4) is 22.8 Å². The van der Waals surface area contributed by atoms with Crippen LogP contribution in [0.25, 0.3) is 33.1 Å². The lowest BCUT2D eigenvalue weighted by Crippen LogP contribution is -2.11. The molecule has 0 saturated heterocycles. The van der Waals surface area contributed by atoms with Crippen molar-refractivity contribution in [3.05, 3.63) is 106 Å². The average molecular weight is 437 g/mol. The van der Waals surface area contributed by atoms with Gasteiger partial charge in [0.2, 0.25) is 11.2 Å². The van der Waals surface area contributed by atoms with Crippen LogP contribution in [0, 0.1) is 13.8 Å². The summed E-state index contributed by atoms with van der Waals surface area (Å²) in [7, 11) is 1.62. The first-order valence-electron chi connectivity index (χ1n) is 10.9. The van der Waals surface area contributed by atoms with Crippen LogP contribution in [0.2, 0.25) is 0 Å². The molecule has 0 aliphatic heterocycles. The number of hydrogen-bond acceptors (Lipinski definition) is 4. The van der Waals surface area contributed by atoms with E-state index in [4.69, 9.17) is 13.9 Å². The highest BCUT2D eigenvalue weighted by Crippen LogP contribution is 2.34. The molecular formula is C29H24O4. The van der Waals surface area contributed by atoms with Crippen molar-refractivity contribution in [1.29, 1.82) is 0 Å². The predicted molar refractivity (Wildman–Crippen MR) is 132 cm³/mol. The fourth-order valence-corrected chi connectivity index (χ4v) is 4.30. The lowest BCUT2D eigenvalue weighted by molar-refractivity contribution is 0.299. The molecule has 164 valence electrons. The molecule has 0 N–H and O–H groups in total. The van der Waals surface area contributed by atoms with Crippen LogP contribution in [-0.4, -0.2) is 7.11 Å². The SMILES string of the molecule is COc1ccc(-c2oc3cc(C)cc(C)c3c(=O)c2OCc2cccc3ccccc23)cc1. The van der Waals surface area contributed by atoms with Gasteiger partial charge in [-0.3, -0.25) is 4.79 Å². The van der Waals surface area contributed by atoms with Crippen LogP contribution in [0.4, 0.5) is 0 Å². The van der Waals surface area contributed by atoms with Crippen LogP contribution in [0.5, 0.6) is 11.5 Å². The molecule has 1 aromatic heterocycles. The highest BCUT2D eigenvalue weighted by atomic mass is 16.5. The number of benzene rings is 4. The van der Waals surface area contributed by atoms with Gasteiger partial charge in [-0.2, -0.15) is 0 Å². The minimum absolute atomic E-state index is 0.167. The summed E-state index contributed by atoms with van der Waals surface area (Å²) in [6.45, 7) is 4.17. The van der Waals surface area contributed by atoms with E-state index in [1.807, 2.05) is 74.5 Å². The van der Waals surface area contributed by atoms with Crippen LogP contribution >= 0.6 is 0 Å². The van der Waals surface area contributed by atoms with Crippen LogP contribution < -0.4 is 14.9 Å². The van der Waals surface area contributed by atoms with E-state index in [0.29, 0.717) is 16.7 Å². The molecular weight excluding hydrogens is 412 g/mol. The van der Waals surface area contributed by atoms with Crippen molar-refractivity contribution in [2.24, 2.45) is 0 Å². The smallest absolute Gasteiger partial charge is 0.235 e.